The van der Waals surface area contributed by atoms with Crippen molar-refractivity contribution in [2.24, 2.45) is 0 Å². The van der Waals surface area contributed by atoms with E-state index >= 15 is 0 Å². The Labute approximate surface area is 138 Å². The molecule has 0 saturated heterocycles. The number of hydrogen-bond acceptors (Lipinski definition) is 4. The van der Waals surface area contributed by atoms with E-state index in [1.807, 2.05) is 0 Å². The third-order valence-corrected chi connectivity index (χ3v) is 4.08. The molecule has 24 heavy (non-hydrogen) atoms. The molecular weight excluding hydrogens is 338 g/mol. The van der Waals surface area contributed by atoms with Gasteiger partial charge in [-0.15, -0.1) is 0 Å². The lowest BCUT2D eigenvalue weighted by atomic mass is 10.2. The fourth-order valence-corrected chi connectivity index (χ4v) is 2.75. The van der Waals surface area contributed by atoms with Crippen LogP contribution in [0, 0.1) is 23.5 Å². The third kappa shape index (κ3) is 5.95. The average Bonchev–Trinajstić information content (AvgIpc) is 2.55. The van der Waals surface area contributed by atoms with Crippen molar-refractivity contribution in [2.45, 2.75) is 5.75 Å². The molecule has 0 atom stereocenters. The Morgan fingerprint density at radius 1 is 1.21 bits per heavy atom. The minimum atomic E-state index is -3.82. The van der Waals surface area contributed by atoms with Gasteiger partial charge in [0.15, 0.2) is 0 Å². The maximum atomic E-state index is 13.4. The average molecular weight is 352 g/mol. The molecule has 1 heterocycles. The molecule has 0 unspecified atom stereocenters. The first-order valence-electron chi connectivity index (χ1n) is 6.86. The molecule has 0 fully saturated rings. The molecule has 1 N–H and O–H groups in total. The number of hydrogen-bond donors (Lipinski definition) is 1. The Morgan fingerprint density at radius 3 is 2.79 bits per heavy atom. The Hall–Kier alpha value is -2.50. The Balaban J connectivity index is 1.81. The van der Waals surface area contributed by atoms with Crippen LogP contribution in [0.2, 0.25) is 0 Å². The lowest BCUT2D eigenvalue weighted by Gasteiger charge is -2.05. The number of nitrogens with zero attached hydrogens (tertiary/aromatic N) is 1. The maximum Gasteiger partial charge on any atom is 0.216 e. The van der Waals surface area contributed by atoms with Gasteiger partial charge in [0.05, 0.1) is 18.5 Å². The predicted octanol–water partition coefficient (Wildman–Crippen LogP) is 1.86. The Bertz CT molecular complexity index is 847. The van der Waals surface area contributed by atoms with Crippen LogP contribution in [-0.2, 0) is 15.8 Å². The number of halogens is 2. The van der Waals surface area contributed by atoms with Crippen molar-refractivity contribution in [2.75, 3.05) is 13.2 Å². The number of sulfonamides is 1. The maximum absolute atomic E-state index is 13.4. The van der Waals surface area contributed by atoms with Gasteiger partial charge in [0.2, 0.25) is 10.0 Å². The van der Waals surface area contributed by atoms with Gasteiger partial charge in [-0.05, 0) is 30.3 Å². The number of rotatable bonds is 6. The van der Waals surface area contributed by atoms with Crippen LogP contribution in [0.25, 0.3) is 0 Å². The number of pyridine rings is 1. The molecule has 126 valence electrons. The van der Waals surface area contributed by atoms with Gasteiger partial charge in [0.25, 0.3) is 0 Å². The van der Waals surface area contributed by atoms with Crippen molar-refractivity contribution in [3.63, 3.8) is 0 Å². The van der Waals surface area contributed by atoms with E-state index in [0.29, 0.717) is 5.75 Å². The predicted molar refractivity (Wildman–Crippen MR) is 84.5 cm³/mol. The highest BCUT2D eigenvalue weighted by Gasteiger charge is 2.14. The standard InChI is InChI=1S/C16H14F2N2O3S/c17-14-5-6-16(18)13(10-14)12-24(21,22)20-8-1-2-9-23-15-4-3-7-19-11-15/h3-7,10-11,20H,8-9,12H2. The largest absolute Gasteiger partial charge is 0.479 e. The lowest BCUT2D eigenvalue weighted by molar-refractivity contribution is 0.368. The van der Waals surface area contributed by atoms with Crippen LogP contribution in [0.3, 0.4) is 0 Å². The second-order valence-corrected chi connectivity index (χ2v) is 6.45. The lowest BCUT2D eigenvalue weighted by Crippen LogP contribution is -2.26. The summed E-state index contributed by atoms with van der Waals surface area (Å²) in [5, 5.41) is 0. The molecule has 0 bridgehead atoms. The van der Waals surface area contributed by atoms with Crippen molar-refractivity contribution < 1.29 is 21.9 Å². The van der Waals surface area contributed by atoms with Gasteiger partial charge in [-0.3, -0.25) is 4.98 Å². The zero-order valence-corrected chi connectivity index (χ0v) is 13.3. The van der Waals surface area contributed by atoms with Gasteiger partial charge in [-0.2, -0.15) is 0 Å². The van der Waals surface area contributed by atoms with Gasteiger partial charge in [0.1, 0.15) is 24.0 Å². The molecule has 2 rings (SSSR count). The van der Waals surface area contributed by atoms with E-state index in [4.69, 9.17) is 4.74 Å². The highest BCUT2D eigenvalue weighted by atomic mass is 32.2. The number of nitrogens with one attached hydrogen (secondary N) is 1. The summed E-state index contributed by atoms with van der Waals surface area (Å²) in [6, 6.07) is 6.08. The molecule has 5 nitrogen and oxygen atoms in total. The molecule has 0 aliphatic carbocycles. The fourth-order valence-electron chi connectivity index (χ4n) is 1.72. The van der Waals surface area contributed by atoms with Crippen LogP contribution < -0.4 is 9.46 Å². The molecule has 0 spiro atoms. The van der Waals surface area contributed by atoms with Crippen LogP contribution in [0.4, 0.5) is 8.78 Å². The van der Waals surface area contributed by atoms with Crippen molar-refractivity contribution >= 4 is 10.0 Å². The van der Waals surface area contributed by atoms with Crippen LogP contribution in [0.15, 0.2) is 42.7 Å². The van der Waals surface area contributed by atoms with Gasteiger partial charge in [0, 0.05) is 11.8 Å². The van der Waals surface area contributed by atoms with E-state index in [1.54, 1.807) is 18.3 Å². The highest BCUT2D eigenvalue weighted by Crippen LogP contribution is 2.12. The van der Waals surface area contributed by atoms with Crippen LogP contribution in [0.1, 0.15) is 5.56 Å². The summed E-state index contributed by atoms with van der Waals surface area (Å²) in [7, 11) is -3.82. The topological polar surface area (TPSA) is 68.3 Å². The molecule has 2 aromatic rings. The van der Waals surface area contributed by atoms with Crippen molar-refractivity contribution in [1.82, 2.24) is 9.71 Å². The Morgan fingerprint density at radius 2 is 2.04 bits per heavy atom. The van der Waals surface area contributed by atoms with Crippen LogP contribution in [0.5, 0.6) is 5.75 Å². The first-order chi connectivity index (χ1) is 11.5. The third-order valence-electron chi connectivity index (χ3n) is 2.80. The van der Waals surface area contributed by atoms with Crippen LogP contribution >= 0.6 is 0 Å². The first kappa shape index (κ1) is 17.8. The van der Waals surface area contributed by atoms with E-state index in [1.165, 1.54) is 6.20 Å². The number of aromatic nitrogens is 1. The smallest absolute Gasteiger partial charge is 0.216 e. The fraction of sp³-hybridized carbons (Fsp3) is 0.188. The molecule has 0 aliphatic heterocycles. The first-order valence-corrected chi connectivity index (χ1v) is 8.51. The van der Waals surface area contributed by atoms with Crippen LogP contribution in [-0.4, -0.2) is 26.6 Å². The summed E-state index contributed by atoms with van der Waals surface area (Å²) < 4.78 is 57.5. The molecular formula is C16H14F2N2O3S. The summed E-state index contributed by atoms with van der Waals surface area (Å²) in [6.45, 7) is -0.0817. The SMILES string of the molecule is O=S(=O)(Cc1cc(F)ccc1F)NCC#CCOc1cccnc1. The zero-order valence-electron chi connectivity index (χ0n) is 12.5. The molecule has 1 aromatic heterocycles. The monoisotopic (exact) mass is 352 g/mol. The highest BCUT2D eigenvalue weighted by molar-refractivity contribution is 7.88. The summed E-state index contributed by atoms with van der Waals surface area (Å²) in [5.41, 5.74) is -0.240. The summed E-state index contributed by atoms with van der Waals surface area (Å²) in [4.78, 5) is 3.86. The van der Waals surface area contributed by atoms with Crippen molar-refractivity contribution in [1.29, 1.82) is 0 Å². The second kappa shape index (κ2) is 8.38. The summed E-state index contributed by atoms with van der Waals surface area (Å²) in [5.74, 6) is 3.61. The van der Waals surface area contributed by atoms with Gasteiger partial charge in [-0.25, -0.2) is 21.9 Å². The number of benzene rings is 1. The zero-order chi connectivity index (χ0) is 17.4. The van der Waals surface area contributed by atoms with Gasteiger partial charge < -0.3 is 4.74 Å². The minimum absolute atomic E-state index is 0.0753. The van der Waals surface area contributed by atoms with E-state index in [0.717, 1.165) is 18.2 Å². The van der Waals surface area contributed by atoms with Crippen molar-refractivity contribution in [3.8, 4) is 17.6 Å². The number of ether oxygens (including phenoxy) is 1. The Kier molecular flexibility index (Phi) is 6.23. The summed E-state index contributed by atoms with van der Waals surface area (Å²) >= 11 is 0. The molecule has 8 heteroatoms. The molecule has 0 aliphatic rings. The van der Waals surface area contributed by atoms with E-state index in [9.17, 15) is 17.2 Å². The van der Waals surface area contributed by atoms with E-state index in [-0.39, 0.29) is 18.7 Å². The molecule has 1 aromatic carbocycles. The molecule has 0 saturated carbocycles. The summed E-state index contributed by atoms with van der Waals surface area (Å²) in [6.07, 6.45) is 3.13. The second-order valence-electron chi connectivity index (χ2n) is 4.65. The quantitative estimate of drug-likeness (QED) is 0.806. The molecule has 0 radical (unpaired) electrons. The minimum Gasteiger partial charge on any atom is -0.479 e. The normalized spacial score (nSPS) is 10.8. The van der Waals surface area contributed by atoms with Crippen molar-refractivity contribution in [3.05, 3.63) is 59.9 Å². The van der Waals surface area contributed by atoms with E-state index < -0.39 is 27.4 Å². The molecule has 0 amide bonds. The van der Waals surface area contributed by atoms with E-state index in [2.05, 4.69) is 21.5 Å². The van der Waals surface area contributed by atoms with Gasteiger partial charge >= 0.3 is 0 Å². The van der Waals surface area contributed by atoms with Gasteiger partial charge in [-0.1, -0.05) is 11.8 Å².